The molecule has 2 aromatic carbocycles. The van der Waals surface area contributed by atoms with Crippen molar-refractivity contribution < 1.29 is 27.1 Å². The standard InChI is InChI=1S/C21H24FNO5S/c1-21(2,3)15-4-8-17(9-5-15)23-19(24)14-28-20(25)12-13-29(26,27)18-10-6-16(22)7-11-18/h4-11H,12-14H2,1-3H3,(H,23,24). The van der Waals surface area contributed by atoms with E-state index in [1.54, 1.807) is 12.1 Å². The number of carbonyl (C=O) groups is 2. The minimum absolute atomic E-state index is 0.00762. The maximum atomic E-state index is 12.9. The molecule has 0 aromatic heterocycles. The minimum atomic E-state index is -3.74. The van der Waals surface area contributed by atoms with Gasteiger partial charge in [0.1, 0.15) is 5.82 Å². The van der Waals surface area contributed by atoms with E-state index in [0.29, 0.717) is 5.69 Å². The number of rotatable bonds is 7. The van der Waals surface area contributed by atoms with Crippen molar-refractivity contribution in [3.05, 3.63) is 59.9 Å². The molecule has 2 rings (SSSR count). The number of carbonyl (C=O) groups excluding carboxylic acids is 2. The molecule has 0 aliphatic rings. The monoisotopic (exact) mass is 421 g/mol. The number of anilines is 1. The molecule has 156 valence electrons. The van der Waals surface area contributed by atoms with E-state index in [-0.39, 0.29) is 10.3 Å². The maximum Gasteiger partial charge on any atom is 0.307 e. The molecule has 0 spiro atoms. The number of nitrogens with one attached hydrogen (secondary N) is 1. The lowest BCUT2D eigenvalue weighted by Crippen LogP contribution is -2.22. The number of esters is 1. The summed E-state index contributed by atoms with van der Waals surface area (Å²) in [6.07, 6.45) is -0.409. The number of hydrogen-bond acceptors (Lipinski definition) is 5. The highest BCUT2D eigenvalue weighted by molar-refractivity contribution is 7.91. The maximum absolute atomic E-state index is 12.9. The van der Waals surface area contributed by atoms with Gasteiger partial charge in [0.2, 0.25) is 0 Å². The average molecular weight is 421 g/mol. The van der Waals surface area contributed by atoms with Crippen LogP contribution < -0.4 is 5.32 Å². The van der Waals surface area contributed by atoms with Crippen LogP contribution in [-0.2, 0) is 29.6 Å². The summed E-state index contributed by atoms with van der Waals surface area (Å²) in [5, 5.41) is 2.61. The quantitative estimate of drug-likeness (QED) is 0.546. The molecule has 0 atom stereocenters. The van der Waals surface area contributed by atoms with E-state index in [2.05, 4.69) is 26.1 Å². The topological polar surface area (TPSA) is 89.5 Å². The van der Waals surface area contributed by atoms with Gasteiger partial charge >= 0.3 is 5.97 Å². The predicted molar refractivity (Wildman–Crippen MR) is 108 cm³/mol. The van der Waals surface area contributed by atoms with E-state index < -0.39 is 46.3 Å². The smallest absolute Gasteiger partial charge is 0.307 e. The molecule has 0 radical (unpaired) electrons. The Kier molecular flexibility index (Phi) is 7.13. The molecule has 6 nitrogen and oxygen atoms in total. The second kappa shape index (κ2) is 9.17. The summed E-state index contributed by atoms with van der Waals surface area (Å²) in [6, 6.07) is 11.7. The van der Waals surface area contributed by atoms with Gasteiger partial charge in [0.15, 0.2) is 16.4 Å². The fraction of sp³-hybridized carbons (Fsp3) is 0.333. The van der Waals surface area contributed by atoms with E-state index in [4.69, 9.17) is 4.74 Å². The lowest BCUT2D eigenvalue weighted by molar-refractivity contribution is -0.146. The van der Waals surface area contributed by atoms with Crippen molar-refractivity contribution in [3.8, 4) is 0 Å². The van der Waals surface area contributed by atoms with Crippen molar-refractivity contribution in [2.45, 2.75) is 37.5 Å². The van der Waals surface area contributed by atoms with Crippen LogP contribution >= 0.6 is 0 Å². The van der Waals surface area contributed by atoms with Gasteiger partial charge in [0, 0.05) is 5.69 Å². The minimum Gasteiger partial charge on any atom is -0.456 e. The summed E-state index contributed by atoms with van der Waals surface area (Å²) >= 11 is 0. The Bertz CT molecular complexity index is 962. The highest BCUT2D eigenvalue weighted by Gasteiger charge is 2.18. The third kappa shape index (κ3) is 6.98. The Hall–Kier alpha value is -2.74. The van der Waals surface area contributed by atoms with Crippen molar-refractivity contribution in [2.24, 2.45) is 0 Å². The lowest BCUT2D eigenvalue weighted by Gasteiger charge is -2.19. The summed E-state index contributed by atoms with van der Waals surface area (Å²) in [7, 11) is -3.74. The molecule has 8 heteroatoms. The van der Waals surface area contributed by atoms with Crippen molar-refractivity contribution in [2.75, 3.05) is 17.7 Å². The van der Waals surface area contributed by atoms with Gasteiger partial charge in [-0.05, 0) is 47.4 Å². The number of sulfone groups is 1. The van der Waals surface area contributed by atoms with Crippen molar-refractivity contribution in [1.82, 2.24) is 0 Å². The van der Waals surface area contributed by atoms with Crippen molar-refractivity contribution >= 4 is 27.4 Å². The first-order valence-electron chi connectivity index (χ1n) is 9.02. The Morgan fingerprint density at radius 1 is 1.00 bits per heavy atom. The third-order valence-electron chi connectivity index (χ3n) is 4.15. The Balaban J connectivity index is 1.80. The summed E-state index contributed by atoms with van der Waals surface area (Å²) in [5.41, 5.74) is 1.67. The van der Waals surface area contributed by atoms with Gasteiger partial charge in [-0.15, -0.1) is 0 Å². The van der Waals surface area contributed by atoms with Crippen LogP contribution in [0.4, 0.5) is 10.1 Å². The first-order chi connectivity index (χ1) is 13.5. The molecule has 1 amide bonds. The second-order valence-electron chi connectivity index (χ2n) is 7.56. The van der Waals surface area contributed by atoms with Gasteiger partial charge < -0.3 is 10.1 Å². The zero-order valence-corrected chi connectivity index (χ0v) is 17.4. The van der Waals surface area contributed by atoms with Gasteiger partial charge in [-0.2, -0.15) is 0 Å². The molecule has 0 heterocycles. The van der Waals surface area contributed by atoms with Gasteiger partial charge in [-0.3, -0.25) is 9.59 Å². The molecule has 0 unspecified atom stereocenters. The number of amides is 1. The van der Waals surface area contributed by atoms with Crippen LogP contribution in [0, 0.1) is 5.82 Å². The predicted octanol–water partition coefficient (Wildman–Crippen LogP) is 3.47. The van der Waals surface area contributed by atoms with Crippen LogP contribution in [0.25, 0.3) is 0 Å². The molecule has 29 heavy (non-hydrogen) atoms. The van der Waals surface area contributed by atoms with Crippen LogP contribution in [-0.4, -0.2) is 32.7 Å². The van der Waals surface area contributed by atoms with E-state index >= 15 is 0 Å². The van der Waals surface area contributed by atoms with Gasteiger partial charge in [-0.1, -0.05) is 32.9 Å². The first kappa shape index (κ1) is 22.5. The van der Waals surface area contributed by atoms with E-state index in [1.165, 1.54) is 0 Å². The largest absolute Gasteiger partial charge is 0.456 e. The Labute approximate surface area is 170 Å². The molecule has 0 fully saturated rings. The molecule has 0 aliphatic heterocycles. The average Bonchev–Trinajstić information content (AvgIpc) is 2.65. The Morgan fingerprint density at radius 3 is 2.14 bits per heavy atom. The number of benzene rings is 2. The van der Waals surface area contributed by atoms with E-state index in [0.717, 1.165) is 29.8 Å². The molecule has 0 saturated carbocycles. The van der Waals surface area contributed by atoms with Crippen LogP contribution in [0.1, 0.15) is 32.8 Å². The third-order valence-corrected chi connectivity index (χ3v) is 5.88. The van der Waals surface area contributed by atoms with Gasteiger partial charge in [-0.25, -0.2) is 12.8 Å². The summed E-state index contributed by atoms with van der Waals surface area (Å²) in [6.45, 7) is 5.72. The molecule has 0 aliphatic carbocycles. The summed E-state index contributed by atoms with van der Waals surface area (Å²) in [5.74, 6) is -2.38. The Morgan fingerprint density at radius 2 is 1.59 bits per heavy atom. The zero-order valence-electron chi connectivity index (χ0n) is 16.6. The fourth-order valence-corrected chi connectivity index (χ4v) is 3.67. The number of halogens is 1. The molecule has 0 bridgehead atoms. The van der Waals surface area contributed by atoms with Crippen LogP contribution in [0.5, 0.6) is 0 Å². The first-order valence-corrected chi connectivity index (χ1v) is 10.7. The van der Waals surface area contributed by atoms with Gasteiger partial charge in [0.25, 0.3) is 5.91 Å². The summed E-state index contributed by atoms with van der Waals surface area (Å²) < 4.78 is 41.9. The second-order valence-corrected chi connectivity index (χ2v) is 9.67. The SMILES string of the molecule is CC(C)(C)c1ccc(NC(=O)COC(=O)CCS(=O)(=O)c2ccc(F)cc2)cc1. The van der Waals surface area contributed by atoms with Crippen LogP contribution in [0.3, 0.4) is 0 Å². The normalized spacial score (nSPS) is 11.7. The van der Waals surface area contributed by atoms with Crippen molar-refractivity contribution in [1.29, 1.82) is 0 Å². The zero-order chi connectivity index (χ0) is 21.7. The number of hydrogen-bond donors (Lipinski definition) is 1. The van der Waals surface area contributed by atoms with Gasteiger partial charge in [0.05, 0.1) is 17.1 Å². The molecular formula is C21H24FNO5S. The molecule has 1 N–H and O–H groups in total. The molecular weight excluding hydrogens is 397 g/mol. The molecule has 0 saturated heterocycles. The number of ether oxygens (including phenoxy) is 1. The van der Waals surface area contributed by atoms with Crippen LogP contribution in [0.2, 0.25) is 0 Å². The molecule has 2 aromatic rings. The highest BCUT2D eigenvalue weighted by atomic mass is 32.2. The highest BCUT2D eigenvalue weighted by Crippen LogP contribution is 2.23. The fourth-order valence-electron chi connectivity index (χ4n) is 2.45. The van der Waals surface area contributed by atoms with E-state index in [9.17, 15) is 22.4 Å². The van der Waals surface area contributed by atoms with E-state index in [1.807, 2.05) is 12.1 Å². The van der Waals surface area contributed by atoms with Crippen LogP contribution in [0.15, 0.2) is 53.4 Å². The lowest BCUT2D eigenvalue weighted by atomic mass is 9.87. The van der Waals surface area contributed by atoms with Crippen molar-refractivity contribution in [3.63, 3.8) is 0 Å². The summed E-state index contributed by atoms with van der Waals surface area (Å²) in [4.78, 5) is 23.6.